The summed E-state index contributed by atoms with van der Waals surface area (Å²) < 4.78 is 21.8. The van der Waals surface area contributed by atoms with Gasteiger partial charge < -0.3 is 9.30 Å². The number of halogens is 1. The molecular formula is C19H18FNO. The smallest absolute Gasteiger partial charge is 0.123 e. The second kappa shape index (κ2) is 4.96. The first-order valence-corrected chi connectivity index (χ1v) is 7.64. The molecule has 0 spiro atoms. The van der Waals surface area contributed by atoms with Gasteiger partial charge in [0.25, 0.3) is 0 Å². The zero-order chi connectivity index (χ0) is 15.3. The second-order valence-corrected chi connectivity index (χ2v) is 6.02. The van der Waals surface area contributed by atoms with Gasteiger partial charge in [-0.3, -0.25) is 0 Å². The van der Waals surface area contributed by atoms with Crippen molar-refractivity contribution in [3.05, 3.63) is 71.2 Å². The lowest BCUT2D eigenvalue weighted by atomic mass is 10.0. The molecule has 2 nitrogen and oxygen atoms in total. The number of aryl methyl sites for hydroxylation is 1. The minimum atomic E-state index is -0.218. The van der Waals surface area contributed by atoms with E-state index in [1.165, 1.54) is 34.3 Å². The summed E-state index contributed by atoms with van der Waals surface area (Å²) in [6.45, 7) is 5.08. The van der Waals surface area contributed by atoms with E-state index in [4.69, 9.17) is 4.74 Å². The Bertz CT molecular complexity index is 835. The zero-order valence-corrected chi connectivity index (χ0v) is 12.7. The summed E-state index contributed by atoms with van der Waals surface area (Å²) in [4.78, 5) is 0. The van der Waals surface area contributed by atoms with Crippen LogP contribution in [0.2, 0.25) is 0 Å². The van der Waals surface area contributed by atoms with Crippen molar-refractivity contribution >= 4 is 10.9 Å². The highest BCUT2D eigenvalue weighted by atomic mass is 19.1. The molecule has 2 aromatic carbocycles. The normalized spacial score (nSPS) is 21.0. The maximum absolute atomic E-state index is 13.2. The highest BCUT2D eigenvalue weighted by molar-refractivity contribution is 5.85. The molecule has 1 aliphatic heterocycles. The third-order valence-electron chi connectivity index (χ3n) is 4.50. The molecule has 112 valence electrons. The first kappa shape index (κ1) is 13.5. The molecule has 0 radical (unpaired) electrons. The van der Waals surface area contributed by atoms with Crippen molar-refractivity contribution in [1.29, 1.82) is 0 Å². The highest BCUT2D eigenvalue weighted by Crippen LogP contribution is 2.39. The van der Waals surface area contributed by atoms with Crippen molar-refractivity contribution in [2.45, 2.75) is 32.6 Å². The van der Waals surface area contributed by atoms with Gasteiger partial charge >= 0.3 is 0 Å². The third-order valence-corrected chi connectivity index (χ3v) is 4.50. The molecular weight excluding hydrogens is 277 g/mol. The number of fused-ring (bicyclic) bond motifs is 3. The number of hydrogen-bond donors (Lipinski definition) is 0. The fourth-order valence-electron chi connectivity index (χ4n) is 3.50. The molecule has 22 heavy (non-hydrogen) atoms. The Balaban J connectivity index is 1.95. The summed E-state index contributed by atoms with van der Waals surface area (Å²) in [6, 6.07) is 15.1. The van der Waals surface area contributed by atoms with Gasteiger partial charge in [0.1, 0.15) is 11.9 Å². The van der Waals surface area contributed by atoms with Gasteiger partial charge in [0.15, 0.2) is 0 Å². The monoisotopic (exact) mass is 295 g/mol. The molecule has 1 aliphatic rings. The molecule has 2 atom stereocenters. The van der Waals surface area contributed by atoms with Crippen LogP contribution >= 0.6 is 0 Å². The average molecular weight is 295 g/mol. The van der Waals surface area contributed by atoms with Gasteiger partial charge in [-0.25, -0.2) is 4.39 Å². The maximum Gasteiger partial charge on any atom is 0.123 e. The summed E-state index contributed by atoms with van der Waals surface area (Å²) >= 11 is 0. The van der Waals surface area contributed by atoms with E-state index in [1.54, 1.807) is 0 Å². The van der Waals surface area contributed by atoms with Crippen molar-refractivity contribution in [1.82, 2.24) is 4.57 Å². The molecule has 0 amide bonds. The highest BCUT2D eigenvalue weighted by Gasteiger charge is 2.30. The molecule has 2 heterocycles. The Labute approximate surface area is 129 Å². The van der Waals surface area contributed by atoms with E-state index >= 15 is 0 Å². The van der Waals surface area contributed by atoms with Gasteiger partial charge in [-0.05, 0) is 43.2 Å². The number of nitrogens with zero attached hydrogens (tertiary/aromatic N) is 1. The van der Waals surface area contributed by atoms with Gasteiger partial charge in [-0.2, -0.15) is 0 Å². The second-order valence-electron chi connectivity index (χ2n) is 6.02. The van der Waals surface area contributed by atoms with Crippen LogP contribution in [-0.2, 0) is 11.3 Å². The van der Waals surface area contributed by atoms with E-state index in [9.17, 15) is 4.39 Å². The van der Waals surface area contributed by atoms with Crippen molar-refractivity contribution in [3.8, 4) is 0 Å². The van der Waals surface area contributed by atoms with Crippen molar-refractivity contribution in [3.63, 3.8) is 0 Å². The molecule has 3 aromatic rings. The molecule has 4 rings (SSSR count). The van der Waals surface area contributed by atoms with E-state index in [1.807, 2.05) is 12.1 Å². The Hall–Kier alpha value is -2.13. The van der Waals surface area contributed by atoms with Gasteiger partial charge in [0.2, 0.25) is 0 Å². The third kappa shape index (κ3) is 1.97. The SMILES string of the molecule is Cc1c2n(c3ccccc13)C[C@@H](C)O[C@@H]2c1ccc(F)cc1. The van der Waals surface area contributed by atoms with Crippen LogP contribution in [0.4, 0.5) is 4.39 Å². The lowest BCUT2D eigenvalue weighted by molar-refractivity contribution is -0.0146. The van der Waals surface area contributed by atoms with Crippen LogP contribution in [-0.4, -0.2) is 10.7 Å². The fraction of sp³-hybridized carbons (Fsp3) is 0.263. The van der Waals surface area contributed by atoms with E-state index in [-0.39, 0.29) is 18.0 Å². The quantitative estimate of drug-likeness (QED) is 0.640. The summed E-state index contributed by atoms with van der Waals surface area (Å²) in [7, 11) is 0. The largest absolute Gasteiger partial charge is 0.362 e. The predicted molar refractivity (Wildman–Crippen MR) is 85.5 cm³/mol. The number of hydrogen-bond acceptors (Lipinski definition) is 1. The van der Waals surface area contributed by atoms with E-state index < -0.39 is 0 Å². The average Bonchev–Trinajstić information content (AvgIpc) is 2.81. The van der Waals surface area contributed by atoms with E-state index in [0.717, 1.165) is 12.1 Å². The number of aromatic nitrogens is 1. The first-order valence-electron chi connectivity index (χ1n) is 7.64. The fourth-order valence-corrected chi connectivity index (χ4v) is 3.50. The van der Waals surface area contributed by atoms with Gasteiger partial charge in [0, 0.05) is 17.4 Å². The van der Waals surface area contributed by atoms with Crippen LogP contribution in [0.25, 0.3) is 10.9 Å². The van der Waals surface area contributed by atoms with Crippen molar-refractivity contribution in [2.24, 2.45) is 0 Å². The predicted octanol–water partition coefficient (Wildman–Crippen LogP) is 4.60. The van der Waals surface area contributed by atoms with Gasteiger partial charge in [-0.1, -0.05) is 30.3 Å². The van der Waals surface area contributed by atoms with E-state index in [2.05, 4.69) is 42.7 Å². The van der Waals surface area contributed by atoms with Crippen LogP contribution in [0.5, 0.6) is 0 Å². The molecule has 0 unspecified atom stereocenters. The Morgan fingerprint density at radius 3 is 2.59 bits per heavy atom. The van der Waals surface area contributed by atoms with Gasteiger partial charge in [-0.15, -0.1) is 0 Å². The standard InChI is InChI=1S/C19H18FNO/c1-12-11-21-17-6-4-3-5-16(17)13(2)18(21)19(22-12)14-7-9-15(20)10-8-14/h3-10,12,19H,11H2,1-2H3/t12-,19-/m1/s1. The Morgan fingerprint density at radius 1 is 1.09 bits per heavy atom. The maximum atomic E-state index is 13.2. The Morgan fingerprint density at radius 2 is 1.82 bits per heavy atom. The molecule has 3 heteroatoms. The van der Waals surface area contributed by atoms with Crippen molar-refractivity contribution < 1.29 is 9.13 Å². The minimum absolute atomic E-state index is 0.123. The topological polar surface area (TPSA) is 14.2 Å². The van der Waals surface area contributed by atoms with Crippen molar-refractivity contribution in [2.75, 3.05) is 0 Å². The molecule has 0 bridgehead atoms. The Kier molecular flexibility index (Phi) is 3.05. The molecule has 0 saturated heterocycles. The van der Waals surface area contributed by atoms with E-state index in [0.29, 0.717) is 0 Å². The summed E-state index contributed by atoms with van der Waals surface area (Å²) in [5.41, 5.74) is 4.68. The first-order chi connectivity index (χ1) is 10.6. The van der Waals surface area contributed by atoms with Crippen LogP contribution < -0.4 is 0 Å². The van der Waals surface area contributed by atoms with Crippen LogP contribution in [0.1, 0.15) is 29.8 Å². The molecule has 0 fully saturated rings. The number of para-hydroxylation sites is 1. The number of rotatable bonds is 1. The molecule has 0 N–H and O–H groups in total. The minimum Gasteiger partial charge on any atom is -0.362 e. The zero-order valence-electron chi connectivity index (χ0n) is 12.7. The van der Waals surface area contributed by atoms with Crippen LogP contribution in [0.15, 0.2) is 48.5 Å². The van der Waals surface area contributed by atoms with Gasteiger partial charge in [0.05, 0.1) is 11.8 Å². The van der Waals surface area contributed by atoms with Crippen LogP contribution in [0.3, 0.4) is 0 Å². The lowest BCUT2D eigenvalue weighted by Crippen LogP contribution is -2.29. The molecule has 0 saturated carbocycles. The number of benzene rings is 2. The van der Waals surface area contributed by atoms with Crippen LogP contribution in [0, 0.1) is 12.7 Å². The lowest BCUT2D eigenvalue weighted by Gasteiger charge is -2.31. The molecule has 0 aliphatic carbocycles. The summed E-state index contributed by atoms with van der Waals surface area (Å²) in [5, 5.41) is 1.27. The summed E-state index contributed by atoms with van der Waals surface area (Å²) in [6.07, 6.45) is -0.0190. The molecule has 1 aromatic heterocycles. The summed E-state index contributed by atoms with van der Waals surface area (Å²) in [5.74, 6) is -0.218. The number of ether oxygens (including phenoxy) is 1.